The van der Waals surface area contributed by atoms with Crippen LogP contribution in [-0.2, 0) is 11.8 Å². The van der Waals surface area contributed by atoms with Gasteiger partial charge in [0.05, 0.1) is 5.75 Å². The first-order valence-electron chi connectivity index (χ1n) is 7.71. The molecule has 0 unspecified atom stereocenters. The van der Waals surface area contributed by atoms with Crippen molar-refractivity contribution in [2.45, 2.75) is 12.1 Å². The molecule has 0 spiro atoms. The van der Waals surface area contributed by atoms with Crippen molar-refractivity contribution in [3.05, 3.63) is 36.2 Å². The maximum Gasteiger partial charge on any atom is 0.233 e. The molecule has 0 aliphatic carbocycles. The third-order valence-corrected chi connectivity index (χ3v) is 5.14. The highest BCUT2D eigenvalue weighted by atomic mass is 32.2. The van der Waals surface area contributed by atoms with Crippen LogP contribution in [-0.4, -0.2) is 57.5 Å². The van der Waals surface area contributed by atoms with E-state index in [1.807, 2.05) is 41.6 Å². The monoisotopic (exact) mass is 331 g/mol. The van der Waals surface area contributed by atoms with Crippen LogP contribution in [0.3, 0.4) is 0 Å². The lowest BCUT2D eigenvalue weighted by atomic mass is 10.2. The van der Waals surface area contributed by atoms with Gasteiger partial charge in [-0.15, -0.1) is 10.2 Å². The summed E-state index contributed by atoms with van der Waals surface area (Å²) in [6, 6.07) is 10.3. The highest BCUT2D eigenvalue weighted by Gasteiger charge is 2.21. The molecule has 1 aliphatic rings. The maximum atomic E-state index is 12.4. The van der Waals surface area contributed by atoms with Crippen LogP contribution in [0.5, 0.6) is 0 Å². The summed E-state index contributed by atoms with van der Waals surface area (Å²) in [6.45, 7) is 5.20. The van der Waals surface area contributed by atoms with Crippen molar-refractivity contribution in [2.24, 2.45) is 7.05 Å². The number of amides is 1. The number of nitrogens with zero attached hydrogens (tertiary/aromatic N) is 5. The van der Waals surface area contributed by atoms with E-state index in [-0.39, 0.29) is 5.91 Å². The Labute approximate surface area is 140 Å². The first kappa shape index (κ1) is 15.9. The number of carbonyl (C=O) groups excluding carboxylic acids is 1. The van der Waals surface area contributed by atoms with Gasteiger partial charge >= 0.3 is 0 Å². The highest BCUT2D eigenvalue weighted by molar-refractivity contribution is 7.99. The van der Waals surface area contributed by atoms with E-state index >= 15 is 0 Å². The number of thioether (sulfide) groups is 1. The molecule has 2 aromatic rings. The van der Waals surface area contributed by atoms with Crippen molar-refractivity contribution >= 4 is 23.4 Å². The van der Waals surface area contributed by atoms with Gasteiger partial charge < -0.3 is 14.4 Å². The quantitative estimate of drug-likeness (QED) is 0.796. The zero-order chi connectivity index (χ0) is 16.2. The smallest absolute Gasteiger partial charge is 0.233 e. The predicted octanol–water partition coefficient (Wildman–Crippen LogP) is 1.56. The van der Waals surface area contributed by atoms with E-state index in [0.717, 1.165) is 37.2 Å². The summed E-state index contributed by atoms with van der Waals surface area (Å²) in [5.74, 6) is 1.44. The molecule has 1 saturated heterocycles. The molecular weight excluding hydrogens is 310 g/mol. The second-order valence-corrected chi connectivity index (χ2v) is 6.52. The van der Waals surface area contributed by atoms with Crippen molar-refractivity contribution in [1.29, 1.82) is 0 Å². The van der Waals surface area contributed by atoms with Crippen molar-refractivity contribution in [2.75, 3.05) is 36.8 Å². The van der Waals surface area contributed by atoms with E-state index in [9.17, 15) is 4.79 Å². The Balaban J connectivity index is 1.49. The number of benzene rings is 1. The van der Waals surface area contributed by atoms with Gasteiger partial charge in [0, 0.05) is 38.9 Å². The van der Waals surface area contributed by atoms with Gasteiger partial charge in [0.25, 0.3) is 0 Å². The SMILES string of the molecule is Cc1nnc(SCC(=O)N2CCN(c3ccccc3)CC2)n1C. The van der Waals surface area contributed by atoms with E-state index in [4.69, 9.17) is 0 Å². The number of piperazine rings is 1. The molecule has 0 atom stereocenters. The molecule has 2 heterocycles. The van der Waals surface area contributed by atoms with E-state index in [1.54, 1.807) is 0 Å². The summed E-state index contributed by atoms with van der Waals surface area (Å²) in [6.07, 6.45) is 0. The Kier molecular flexibility index (Phi) is 4.85. The first-order valence-corrected chi connectivity index (χ1v) is 8.70. The molecule has 7 heteroatoms. The van der Waals surface area contributed by atoms with Crippen LogP contribution in [0.1, 0.15) is 5.82 Å². The zero-order valence-corrected chi connectivity index (χ0v) is 14.3. The van der Waals surface area contributed by atoms with Crippen LogP contribution in [0.4, 0.5) is 5.69 Å². The molecule has 122 valence electrons. The largest absolute Gasteiger partial charge is 0.368 e. The maximum absolute atomic E-state index is 12.4. The number of anilines is 1. The molecule has 1 amide bonds. The van der Waals surface area contributed by atoms with Gasteiger partial charge in [0.15, 0.2) is 5.16 Å². The van der Waals surface area contributed by atoms with Gasteiger partial charge in [-0.3, -0.25) is 4.79 Å². The molecule has 3 rings (SSSR count). The fraction of sp³-hybridized carbons (Fsp3) is 0.438. The van der Waals surface area contributed by atoms with E-state index < -0.39 is 0 Å². The molecule has 1 aromatic carbocycles. The van der Waals surface area contributed by atoms with E-state index in [2.05, 4.69) is 27.2 Å². The molecule has 1 aromatic heterocycles. The van der Waals surface area contributed by atoms with Crippen molar-refractivity contribution < 1.29 is 4.79 Å². The van der Waals surface area contributed by atoms with Crippen LogP contribution >= 0.6 is 11.8 Å². The second-order valence-electron chi connectivity index (χ2n) is 5.58. The van der Waals surface area contributed by atoms with Gasteiger partial charge in [-0.2, -0.15) is 0 Å². The summed E-state index contributed by atoms with van der Waals surface area (Å²) in [4.78, 5) is 16.6. The average molecular weight is 331 g/mol. The Morgan fingerprint density at radius 3 is 2.43 bits per heavy atom. The van der Waals surface area contributed by atoms with Crippen LogP contribution in [0.15, 0.2) is 35.5 Å². The fourth-order valence-corrected chi connectivity index (χ4v) is 3.44. The number of rotatable bonds is 4. The second kappa shape index (κ2) is 7.04. The summed E-state index contributed by atoms with van der Waals surface area (Å²) in [5.41, 5.74) is 1.23. The minimum Gasteiger partial charge on any atom is -0.368 e. The lowest BCUT2D eigenvalue weighted by Gasteiger charge is -2.36. The normalized spacial score (nSPS) is 15.0. The molecule has 0 saturated carbocycles. The summed E-state index contributed by atoms with van der Waals surface area (Å²) in [5, 5.41) is 8.88. The number of aryl methyl sites for hydroxylation is 1. The summed E-state index contributed by atoms with van der Waals surface area (Å²) < 4.78 is 1.91. The molecule has 0 bridgehead atoms. The predicted molar refractivity (Wildman–Crippen MR) is 91.7 cm³/mol. The zero-order valence-electron chi connectivity index (χ0n) is 13.5. The number of aromatic nitrogens is 3. The number of para-hydroxylation sites is 1. The molecule has 0 radical (unpaired) electrons. The minimum absolute atomic E-state index is 0.170. The van der Waals surface area contributed by atoms with Crippen LogP contribution in [0, 0.1) is 6.92 Å². The third-order valence-electron chi connectivity index (χ3n) is 4.13. The lowest BCUT2D eigenvalue weighted by Crippen LogP contribution is -2.49. The molecule has 0 N–H and O–H groups in total. The van der Waals surface area contributed by atoms with Crippen molar-refractivity contribution in [3.63, 3.8) is 0 Å². The van der Waals surface area contributed by atoms with Crippen LogP contribution in [0.25, 0.3) is 0 Å². The Morgan fingerprint density at radius 1 is 1.13 bits per heavy atom. The van der Waals surface area contributed by atoms with Gasteiger partial charge in [-0.25, -0.2) is 0 Å². The number of carbonyl (C=O) groups is 1. The van der Waals surface area contributed by atoms with Crippen molar-refractivity contribution in [3.8, 4) is 0 Å². The molecule has 1 fully saturated rings. The fourth-order valence-electron chi connectivity index (χ4n) is 2.58. The summed E-state index contributed by atoms with van der Waals surface area (Å²) >= 11 is 1.45. The van der Waals surface area contributed by atoms with Crippen molar-refractivity contribution in [1.82, 2.24) is 19.7 Å². The van der Waals surface area contributed by atoms with E-state index in [0.29, 0.717) is 5.75 Å². The summed E-state index contributed by atoms with van der Waals surface area (Å²) in [7, 11) is 1.92. The average Bonchev–Trinajstić information content (AvgIpc) is 2.92. The van der Waals surface area contributed by atoms with Gasteiger partial charge in [0.2, 0.25) is 5.91 Å². The number of hydrogen-bond donors (Lipinski definition) is 0. The topological polar surface area (TPSA) is 54.3 Å². The standard InChI is InChI=1S/C16H21N5OS/c1-13-17-18-16(19(13)2)23-12-15(22)21-10-8-20(9-11-21)14-6-4-3-5-7-14/h3-7H,8-12H2,1-2H3. The van der Waals surface area contributed by atoms with Gasteiger partial charge in [0.1, 0.15) is 5.82 Å². The molecule has 23 heavy (non-hydrogen) atoms. The van der Waals surface area contributed by atoms with Gasteiger partial charge in [-0.05, 0) is 19.1 Å². The molecular formula is C16H21N5OS. The van der Waals surface area contributed by atoms with Crippen LogP contribution in [0.2, 0.25) is 0 Å². The Hall–Kier alpha value is -2.02. The molecule has 1 aliphatic heterocycles. The first-order chi connectivity index (χ1) is 11.1. The highest BCUT2D eigenvalue weighted by Crippen LogP contribution is 2.18. The molecule has 6 nitrogen and oxygen atoms in total. The number of hydrogen-bond acceptors (Lipinski definition) is 5. The minimum atomic E-state index is 0.170. The van der Waals surface area contributed by atoms with Gasteiger partial charge in [-0.1, -0.05) is 30.0 Å². The Bertz CT molecular complexity index is 664. The Morgan fingerprint density at radius 2 is 1.83 bits per heavy atom. The van der Waals surface area contributed by atoms with E-state index in [1.165, 1.54) is 17.4 Å². The third kappa shape index (κ3) is 3.67. The lowest BCUT2D eigenvalue weighted by molar-refractivity contribution is -0.128. The van der Waals surface area contributed by atoms with Crippen LogP contribution < -0.4 is 4.90 Å².